The molecule has 1 aromatic rings. The topological polar surface area (TPSA) is 41.9 Å². The predicted octanol–water partition coefficient (Wildman–Crippen LogP) is 2.40. The lowest BCUT2D eigenvalue weighted by molar-refractivity contribution is -0.274. The van der Waals surface area contributed by atoms with Gasteiger partial charge in [-0.15, -0.1) is 13.2 Å². The van der Waals surface area contributed by atoms with Crippen LogP contribution in [0.15, 0.2) is 18.2 Å². The smallest absolute Gasteiger partial charge is 0.406 e. The summed E-state index contributed by atoms with van der Waals surface area (Å²) >= 11 is 0. The zero-order valence-electron chi connectivity index (χ0n) is 12.4. The summed E-state index contributed by atoms with van der Waals surface area (Å²) in [6, 6.07) is 2.73. The Morgan fingerprint density at radius 1 is 1.26 bits per heavy atom. The highest BCUT2D eigenvalue weighted by Crippen LogP contribution is 2.42. The molecule has 0 aromatic heterocycles. The first-order valence-corrected chi connectivity index (χ1v) is 7.26. The first kappa shape index (κ1) is 16.5. The molecule has 2 saturated heterocycles. The van der Waals surface area contributed by atoms with Crippen molar-refractivity contribution < 1.29 is 32.1 Å². The van der Waals surface area contributed by atoms with Gasteiger partial charge < -0.3 is 14.6 Å². The molecule has 0 spiro atoms. The lowest BCUT2D eigenvalue weighted by Crippen LogP contribution is -2.59. The molecule has 0 amide bonds. The predicted molar refractivity (Wildman–Crippen MR) is 72.4 cm³/mol. The van der Waals surface area contributed by atoms with E-state index in [0.717, 1.165) is 12.1 Å². The average Bonchev–Trinajstić information content (AvgIpc) is 2.39. The first-order chi connectivity index (χ1) is 10.7. The van der Waals surface area contributed by atoms with Crippen LogP contribution < -0.4 is 4.74 Å². The second-order valence-corrected chi connectivity index (χ2v) is 6.14. The Morgan fingerprint density at radius 2 is 1.87 bits per heavy atom. The molecule has 8 heteroatoms. The number of hydrogen-bond acceptors (Lipinski definition) is 4. The number of piperidine rings is 1. The molecule has 0 saturated carbocycles. The molecule has 2 aliphatic rings. The van der Waals surface area contributed by atoms with Crippen LogP contribution in [0.3, 0.4) is 0 Å². The Hall–Kier alpha value is -1.38. The highest BCUT2D eigenvalue weighted by Gasteiger charge is 2.46. The summed E-state index contributed by atoms with van der Waals surface area (Å²) in [7, 11) is 1.92. The van der Waals surface area contributed by atoms with Gasteiger partial charge in [0.05, 0.1) is 18.8 Å². The van der Waals surface area contributed by atoms with E-state index in [0.29, 0.717) is 19.3 Å². The van der Waals surface area contributed by atoms with Gasteiger partial charge in [-0.1, -0.05) is 0 Å². The first-order valence-electron chi connectivity index (χ1n) is 7.26. The molecular formula is C15H17F4NO3. The third kappa shape index (κ3) is 3.29. The van der Waals surface area contributed by atoms with Gasteiger partial charge in [-0.05, 0) is 32.0 Å². The van der Waals surface area contributed by atoms with Gasteiger partial charge in [-0.2, -0.15) is 0 Å². The average molecular weight is 335 g/mol. The fraction of sp³-hybridized carbons (Fsp3) is 0.600. The third-order valence-electron chi connectivity index (χ3n) is 4.59. The fourth-order valence-corrected chi connectivity index (χ4v) is 3.43. The Bertz CT molecular complexity index is 579. The lowest BCUT2D eigenvalue weighted by atomic mass is 9.77. The van der Waals surface area contributed by atoms with Crippen molar-refractivity contribution in [2.24, 2.45) is 0 Å². The molecule has 2 aliphatic heterocycles. The van der Waals surface area contributed by atoms with Crippen molar-refractivity contribution in [3.63, 3.8) is 0 Å². The van der Waals surface area contributed by atoms with Gasteiger partial charge in [0.15, 0.2) is 0 Å². The summed E-state index contributed by atoms with van der Waals surface area (Å²) in [4.78, 5) is 2.09. The quantitative estimate of drug-likeness (QED) is 0.843. The number of rotatable bonds is 2. The summed E-state index contributed by atoms with van der Waals surface area (Å²) in [5.41, 5.74) is -1.43. The van der Waals surface area contributed by atoms with E-state index in [2.05, 4.69) is 9.64 Å². The minimum absolute atomic E-state index is 0.00276. The Morgan fingerprint density at radius 3 is 2.39 bits per heavy atom. The van der Waals surface area contributed by atoms with Crippen molar-refractivity contribution in [1.29, 1.82) is 0 Å². The minimum atomic E-state index is -4.88. The van der Waals surface area contributed by atoms with Gasteiger partial charge in [0.2, 0.25) is 0 Å². The Labute approximate surface area is 130 Å². The summed E-state index contributed by atoms with van der Waals surface area (Å²) in [6.45, 7) is 0.873. The van der Waals surface area contributed by atoms with E-state index in [-0.39, 0.29) is 30.5 Å². The summed E-state index contributed by atoms with van der Waals surface area (Å²) < 4.78 is 60.0. The van der Waals surface area contributed by atoms with Gasteiger partial charge in [-0.25, -0.2) is 4.39 Å². The SMILES string of the molecule is CN1C2COCC1CC(O)(c1ccc(OC(F)(F)F)cc1F)C2. The van der Waals surface area contributed by atoms with Crippen molar-refractivity contribution in [1.82, 2.24) is 4.90 Å². The van der Waals surface area contributed by atoms with Crippen molar-refractivity contribution in [2.75, 3.05) is 20.3 Å². The standard InChI is InChI=1S/C15H17F4NO3/c1-20-9-5-14(21,6-10(20)8-22-7-9)12-3-2-11(4-13(12)16)23-15(17,18)19/h2-4,9-10,21H,5-8H2,1H3. The number of aliphatic hydroxyl groups is 1. The zero-order chi connectivity index (χ0) is 16.8. The van der Waals surface area contributed by atoms with Gasteiger partial charge in [0, 0.05) is 23.7 Å². The molecule has 23 heavy (non-hydrogen) atoms. The largest absolute Gasteiger partial charge is 0.573 e. The van der Waals surface area contributed by atoms with Crippen LogP contribution in [-0.2, 0) is 10.3 Å². The van der Waals surface area contributed by atoms with Crippen LogP contribution in [0.5, 0.6) is 5.75 Å². The summed E-state index contributed by atoms with van der Waals surface area (Å²) in [5.74, 6) is -1.54. The number of fused-ring (bicyclic) bond motifs is 2. The number of benzene rings is 1. The van der Waals surface area contributed by atoms with Crippen molar-refractivity contribution in [3.8, 4) is 5.75 Å². The number of morpholine rings is 1. The third-order valence-corrected chi connectivity index (χ3v) is 4.59. The van der Waals surface area contributed by atoms with E-state index in [1.807, 2.05) is 7.05 Å². The van der Waals surface area contributed by atoms with Crippen LogP contribution in [0, 0.1) is 5.82 Å². The van der Waals surface area contributed by atoms with Crippen LogP contribution in [0.25, 0.3) is 0 Å². The molecule has 128 valence electrons. The van der Waals surface area contributed by atoms with Crippen LogP contribution in [0.2, 0.25) is 0 Å². The maximum atomic E-state index is 14.3. The molecule has 1 N–H and O–H groups in total. The second kappa shape index (κ2) is 5.61. The number of hydrogen-bond donors (Lipinski definition) is 1. The van der Waals surface area contributed by atoms with Crippen LogP contribution >= 0.6 is 0 Å². The zero-order valence-corrected chi connectivity index (χ0v) is 12.4. The van der Waals surface area contributed by atoms with Crippen LogP contribution in [0.1, 0.15) is 18.4 Å². The molecule has 1 aromatic carbocycles. The molecule has 0 aliphatic carbocycles. The van der Waals surface area contributed by atoms with E-state index in [1.54, 1.807) is 0 Å². The number of likely N-dealkylation sites (N-methyl/N-ethyl adjacent to an activating group) is 1. The number of nitrogens with zero attached hydrogens (tertiary/aromatic N) is 1. The molecule has 3 rings (SSSR count). The van der Waals surface area contributed by atoms with Crippen LogP contribution in [0.4, 0.5) is 17.6 Å². The molecule has 2 atom stereocenters. The monoisotopic (exact) mass is 335 g/mol. The Balaban J connectivity index is 1.86. The van der Waals surface area contributed by atoms with Gasteiger partial charge >= 0.3 is 6.36 Å². The number of ether oxygens (including phenoxy) is 2. The molecule has 2 bridgehead atoms. The summed E-state index contributed by atoms with van der Waals surface area (Å²) in [5, 5.41) is 10.9. The lowest BCUT2D eigenvalue weighted by Gasteiger charge is -2.50. The normalized spacial score (nSPS) is 31.9. The molecular weight excluding hydrogens is 318 g/mol. The summed E-state index contributed by atoms with van der Waals surface area (Å²) in [6.07, 6.45) is -4.36. The number of halogens is 4. The second-order valence-electron chi connectivity index (χ2n) is 6.14. The maximum absolute atomic E-state index is 14.3. The van der Waals surface area contributed by atoms with E-state index >= 15 is 0 Å². The van der Waals surface area contributed by atoms with Crippen molar-refractivity contribution in [3.05, 3.63) is 29.6 Å². The molecule has 0 radical (unpaired) electrons. The van der Waals surface area contributed by atoms with Crippen LogP contribution in [-0.4, -0.2) is 48.7 Å². The highest BCUT2D eigenvalue weighted by molar-refractivity contribution is 5.33. The highest BCUT2D eigenvalue weighted by atomic mass is 19.4. The van der Waals surface area contributed by atoms with Crippen molar-refractivity contribution in [2.45, 2.75) is 36.9 Å². The van der Waals surface area contributed by atoms with Gasteiger partial charge in [0.1, 0.15) is 11.6 Å². The number of alkyl halides is 3. The van der Waals surface area contributed by atoms with E-state index in [1.165, 1.54) is 0 Å². The van der Waals surface area contributed by atoms with E-state index < -0.39 is 23.5 Å². The van der Waals surface area contributed by atoms with Crippen molar-refractivity contribution >= 4 is 0 Å². The van der Waals surface area contributed by atoms with E-state index in [4.69, 9.17) is 4.74 Å². The van der Waals surface area contributed by atoms with Gasteiger partial charge in [0.25, 0.3) is 0 Å². The molecule has 2 unspecified atom stereocenters. The minimum Gasteiger partial charge on any atom is -0.406 e. The van der Waals surface area contributed by atoms with E-state index in [9.17, 15) is 22.7 Å². The molecule has 4 nitrogen and oxygen atoms in total. The molecule has 2 fully saturated rings. The maximum Gasteiger partial charge on any atom is 0.573 e. The molecule has 2 heterocycles. The Kier molecular flexibility index (Phi) is 4.02. The fourth-order valence-electron chi connectivity index (χ4n) is 3.43. The van der Waals surface area contributed by atoms with Gasteiger partial charge in [-0.3, -0.25) is 4.90 Å².